The Morgan fingerprint density at radius 2 is 2.06 bits per heavy atom. The Labute approximate surface area is 114 Å². The molecule has 0 radical (unpaired) electrons. The summed E-state index contributed by atoms with van der Waals surface area (Å²) in [6, 6.07) is 8.06. The fourth-order valence-electron chi connectivity index (χ4n) is 1.36. The van der Waals surface area contributed by atoms with E-state index in [4.69, 9.17) is 28.9 Å². The predicted octanol–water partition coefficient (Wildman–Crippen LogP) is 3.22. The lowest BCUT2D eigenvalue weighted by atomic mass is 10.2. The second-order valence-corrected chi connectivity index (χ2v) is 4.32. The van der Waals surface area contributed by atoms with E-state index in [2.05, 4.69) is 10.3 Å². The zero-order chi connectivity index (χ0) is 13.1. The largest absolute Gasteiger partial charge is 0.399 e. The molecule has 0 aliphatic rings. The molecule has 1 amide bonds. The number of anilines is 2. The second kappa shape index (κ2) is 5.25. The summed E-state index contributed by atoms with van der Waals surface area (Å²) >= 11 is 11.8. The van der Waals surface area contributed by atoms with Crippen LogP contribution >= 0.6 is 23.2 Å². The summed E-state index contributed by atoms with van der Waals surface area (Å²) in [4.78, 5) is 15.8. The van der Waals surface area contributed by atoms with Crippen LogP contribution in [0.3, 0.4) is 0 Å². The van der Waals surface area contributed by atoms with Crippen molar-refractivity contribution >= 4 is 40.5 Å². The molecule has 18 heavy (non-hydrogen) atoms. The van der Waals surface area contributed by atoms with Gasteiger partial charge in [0.1, 0.15) is 5.69 Å². The maximum Gasteiger partial charge on any atom is 0.274 e. The van der Waals surface area contributed by atoms with E-state index in [9.17, 15) is 4.79 Å². The van der Waals surface area contributed by atoms with Gasteiger partial charge in [-0.2, -0.15) is 0 Å². The lowest BCUT2D eigenvalue weighted by Crippen LogP contribution is -2.14. The van der Waals surface area contributed by atoms with Crippen LogP contribution in [0, 0.1) is 0 Å². The summed E-state index contributed by atoms with van der Waals surface area (Å²) < 4.78 is 0. The predicted molar refractivity (Wildman–Crippen MR) is 73.1 cm³/mol. The quantitative estimate of drug-likeness (QED) is 0.888. The highest BCUT2D eigenvalue weighted by Crippen LogP contribution is 2.29. The molecule has 0 saturated carbocycles. The van der Waals surface area contributed by atoms with Crippen LogP contribution in [-0.4, -0.2) is 10.9 Å². The van der Waals surface area contributed by atoms with E-state index >= 15 is 0 Å². The van der Waals surface area contributed by atoms with E-state index in [1.165, 1.54) is 12.3 Å². The standard InChI is InChI=1S/C12H9Cl2N3O/c13-8-2-1-3-9(11(8)14)17-12(18)10-6-7(15)4-5-16-10/h1-6H,(H2,15,16)(H,17,18). The number of nitrogens with two attached hydrogens (primary N) is 1. The van der Waals surface area contributed by atoms with E-state index in [1.807, 2.05) is 0 Å². The minimum atomic E-state index is -0.397. The number of hydrogen-bond acceptors (Lipinski definition) is 3. The van der Waals surface area contributed by atoms with Crippen LogP contribution in [0.4, 0.5) is 11.4 Å². The first kappa shape index (κ1) is 12.7. The molecule has 0 aliphatic carbocycles. The van der Waals surface area contributed by atoms with Crippen LogP contribution in [0.1, 0.15) is 10.5 Å². The number of nitrogen functional groups attached to an aromatic ring is 1. The number of benzene rings is 1. The summed E-state index contributed by atoms with van der Waals surface area (Å²) in [6.07, 6.45) is 1.46. The summed E-state index contributed by atoms with van der Waals surface area (Å²) in [6.45, 7) is 0. The van der Waals surface area contributed by atoms with Crippen LogP contribution in [0.25, 0.3) is 0 Å². The smallest absolute Gasteiger partial charge is 0.274 e. The van der Waals surface area contributed by atoms with E-state index < -0.39 is 5.91 Å². The first-order valence-corrected chi connectivity index (χ1v) is 5.80. The van der Waals surface area contributed by atoms with E-state index in [0.29, 0.717) is 16.4 Å². The fraction of sp³-hybridized carbons (Fsp3) is 0. The number of nitrogens with zero attached hydrogens (tertiary/aromatic N) is 1. The van der Waals surface area contributed by atoms with Gasteiger partial charge in [0, 0.05) is 11.9 Å². The fourth-order valence-corrected chi connectivity index (χ4v) is 1.71. The lowest BCUT2D eigenvalue weighted by Gasteiger charge is -2.07. The van der Waals surface area contributed by atoms with Gasteiger partial charge in [0.15, 0.2) is 0 Å². The molecular weight excluding hydrogens is 273 g/mol. The third-order valence-corrected chi connectivity index (χ3v) is 3.04. The molecule has 0 unspecified atom stereocenters. The van der Waals surface area contributed by atoms with Gasteiger partial charge in [-0.15, -0.1) is 0 Å². The third kappa shape index (κ3) is 2.72. The molecule has 0 atom stereocenters. The topological polar surface area (TPSA) is 68.0 Å². The SMILES string of the molecule is Nc1ccnc(C(=O)Nc2cccc(Cl)c2Cl)c1. The molecule has 6 heteroatoms. The molecule has 0 saturated heterocycles. The van der Waals surface area contributed by atoms with E-state index in [-0.39, 0.29) is 10.7 Å². The lowest BCUT2D eigenvalue weighted by molar-refractivity contribution is 0.102. The zero-order valence-electron chi connectivity index (χ0n) is 9.15. The highest BCUT2D eigenvalue weighted by molar-refractivity contribution is 6.44. The molecule has 0 spiro atoms. The molecule has 3 N–H and O–H groups in total. The Bertz CT molecular complexity index is 602. The maximum atomic E-state index is 11.9. The number of rotatable bonds is 2. The van der Waals surface area contributed by atoms with Crippen molar-refractivity contribution in [3.63, 3.8) is 0 Å². The van der Waals surface area contributed by atoms with Crippen molar-refractivity contribution in [2.24, 2.45) is 0 Å². The van der Waals surface area contributed by atoms with Crippen LogP contribution in [0.5, 0.6) is 0 Å². The molecule has 0 bridgehead atoms. The second-order valence-electron chi connectivity index (χ2n) is 3.53. The maximum absolute atomic E-state index is 11.9. The van der Waals surface area contributed by atoms with Crippen molar-refractivity contribution in [2.75, 3.05) is 11.1 Å². The van der Waals surface area contributed by atoms with Crippen molar-refractivity contribution in [3.8, 4) is 0 Å². The number of hydrogen-bond donors (Lipinski definition) is 2. The monoisotopic (exact) mass is 281 g/mol. The van der Waals surface area contributed by atoms with Crippen molar-refractivity contribution in [3.05, 3.63) is 52.3 Å². The van der Waals surface area contributed by atoms with Crippen LogP contribution < -0.4 is 11.1 Å². The van der Waals surface area contributed by atoms with Crippen molar-refractivity contribution < 1.29 is 4.79 Å². The molecule has 0 fully saturated rings. The number of amides is 1. The number of pyridine rings is 1. The number of nitrogens with one attached hydrogen (secondary N) is 1. The van der Waals surface area contributed by atoms with Crippen LogP contribution in [0.2, 0.25) is 10.0 Å². The summed E-state index contributed by atoms with van der Waals surface area (Å²) in [7, 11) is 0. The summed E-state index contributed by atoms with van der Waals surface area (Å²) in [5.74, 6) is -0.397. The molecule has 1 aromatic carbocycles. The summed E-state index contributed by atoms with van der Waals surface area (Å²) in [5, 5.41) is 3.28. The first-order valence-electron chi connectivity index (χ1n) is 5.05. The van der Waals surface area contributed by atoms with Crippen LogP contribution in [0.15, 0.2) is 36.5 Å². The van der Waals surface area contributed by atoms with Gasteiger partial charge in [0.05, 0.1) is 15.7 Å². The van der Waals surface area contributed by atoms with Crippen LogP contribution in [-0.2, 0) is 0 Å². The van der Waals surface area contributed by atoms with Gasteiger partial charge < -0.3 is 11.1 Å². The number of aromatic nitrogens is 1. The Balaban J connectivity index is 2.24. The zero-order valence-corrected chi connectivity index (χ0v) is 10.7. The Morgan fingerprint density at radius 1 is 1.28 bits per heavy atom. The number of halogens is 2. The van der Waals surface area contributed by atoms with Gasteiger partial charge in [-0.05, 0) is 24.3 Å². The highest BCUT2D eigenvalue weighted by atomic mass is 35.5. The van der Waals surface area contributed by atoms with Crippen molar-refractivity contribution in [1.82, 2.24) is 4.98 Å². The Kier molecular flexibility index (Phi) is 3.69. The molecule has 0 aliphatic heterocycles. The molecule has 2 rings (SSSR count). The van der Waals surface area contributed by atoms with Gasteiger partial charge in [0.25, 0.3) is 5.91 Å². The van der Waals surface area contributed by atoms with E-state index in [0.717, 1.165) is 0 Å². The molecule has 1 heterocycles. The first-order chi connectivity index (χ1) is 8.58. The van der Waals surface area contributed by atoms with E-state index in [1.54, 1.807) is 24.3 Å². The van der Waals surface area contributed by atoms with Crippen molar-refractivity contribution in [1.29, 1.82) is 0 Å². The Hall–Kier alpha value is -1.78. The average molecular weight is 282 g/mol. The number of carbonyl (C=O) groups excluding carboxylic acids is 1. The third-order valence-electron chi connectivity index (χ3n) is 2.22. The molecular formula is C12H9Cl2N3O. The van der Waals surface area contributed by atoms with Gasteiger partial charge in [-0.1, -0.05) is 29.3 Å². The Morgan fingerprint density at radius 3 is 2.78 bits per heavy atom. The molecule has 1 aromatic heterocycles. The molecule has 4 nitrogen and oxygen atoms in total. The minimum Gasteiger partial charge on any atom is -0.399 e. The molecule has 2 aromatic rings. The van der Waals surface area contributed by atoms with Crippen molar-refractivity contribution in [2.45, 2.75) is 0 Å². The van der Waals surface area contributed by atoms with Gasteiger partial charge in [0.2, 0.25) is 0 Å². The van der Waals surface area contributed by atoms with Gasteiger partial charge in [-0.3, -0.25) is 9.78 Å². The normalized spacial score (nSPS) is 10.1. The minimum absolute atomic E-state index is 0.214. The average Bonchev–Trinajstić information content (AvgIpc) is 2.35. The van der Waals surface area contributed by atoms with Gasteiger partial charge >= 0.3 is 0 Å². The van der Waals surface area contributed by atoms with Gasteiger partial charge in [-0.25, -0.2) is 0 Å². The molecule has 92 valence electrons. The summed E-state index contributed by atoms with van der Waals surface area (Å²) in [5.41, 5.74) is 6.68. The number of carbonyl (C=O) groups is 1. The highest BCUT2D eigenvalue weighted by Gasteiger charge is 2.11.